The zero-order valence-electron chi connectivity index (χ0n) is 16.7. The first-order chi connectivity index (χ1) is 14.1. The van der Waals surface area contributed by atoms with Crippen molar-refractivity contribution < 1.29 is 19.1 Å². The lowest BCUT2D eigenvalue weighted by Crippen LogP contribution is -2.55. The van der Waals surface area contributed by atoms with Crippen molar-refractivity contribution in [3.8, 4) is 11.5 Å². The van der Waals surface area contributed by atoms with Crippen LogP contribution in [0.3, 0.4) is 0 Å². The number of carbonyl (C=O) groups excluding carboxylic acids is 2. The van der Waals surface area contributed by atoms with Crippen LogP contribution in [0.1, 0.15) is 33.7 Å². The monoisotopic (exact) mass is 415 g/mol. The Balaban J connectivity index is 1.36. The van der Waals surface area contributed by atoms with Gasteiger partial charge in [-0.1, -0.05) is 25.5 Å². The van der Waals surface area contributed by atoms with Gasteiger partial charge in [0, 0.05) is 26.2 Å². The van der Waals surface area contributed by atoms with E-state index in [9.17, 15) is 9.59 Å². The minimum absolute atomic E-state index is 0.0253. The summed E-state index contributed by atoms with van der Waals surface area (Å²) in [6, 6.07) is 7.36. The van der Waals surface area contributed by atoms with Crippen LogP contribution in [0.2, 0.25) is 0 Å². The molecule has 0 saturated carbocycles. The zero-order chi connectivity index (χ0) is 20.4. The van der Waals surface area contributed by atoms with Gasteiger partial charge in [-0.2, -0.15) is 0 Å². The van der Waals surface area contributed by atoms with E-state index in [-0.39, 0.29) is 18.4 Å². The molecule has 1 aromatic heterocycles. The van der Waals surface area contributed by atoms with Crippen molar-refractivity contribution in [3.63, 3.8) is 0 Å². The van der Waals surface area contributed by atoms with E-state index in [4.69, 9.17) is 9.47 Å². The molecule has 1 aromatic carbocycles. The number of rotatable bonds is 4. The van der Waals surface area contributed by atoms with Crippen molar-refractivity contribution in [2.45, 2.75) is 32.8 Å². The fraction of sp³-hybridized carbons (Fsp3) is 0.476. The molecule has 1 atom stereocenters. The molecule has 0 bridgehead atoms. The molecule has 2 aromatic rings. The van der Waals surface area contributed by atoms with Crippen molar-refractivity contribution in [2.75, 3.05) is 32.8 Å². The summed E-state index contributed by atoms with van der Waals surface area (Å²) in [5.41, 5.74) is 0.893. The fourth-order valence-electron chi connectivity index (χ4n) is 3.66. The average molecular weight is 416 g/mol. The lowest BCUT2D eigenvalue weighted by molar-refractivity contribution is -0.142. The highest BCUT2D eigenvalue weighted by Gasteiger charge is 2.34. The van der Waals surface area contributed by atoms with Gasteiger partial charge in [-0.05, 0) is 25.5 Å². The number of benzene rings is 1. The van der Waals surface area contributed by atoms with E-state index in [0.29, 0.717) is 37.7 Å². The van der Waals surface area contributed by atoms with Gasteiger partial charge in [0.15, 0.2) is 11.5 Å². The van der Waals surface area contributed by atoms with Crippen molar-refractivity contribution in [1.29, 1.82) is 0 Å². The molecule has 2 aliphatic rings. The number of hydrogen-bond donors (Lipinski definition) is 0. The molecular weight excluding hydrogens is 390 g/mol. The first kappa shape index (κ1) is 19.7. The molecule has 1 saturated heterocycles. The number of hydrogen-bond acceptors (Lipinski definition) is 6. The number of ether oxygens (including phenoxy) is 2. The maximum Gasteiger partial charge on any atom is 0.267 e. The van der Waals surface area contributed by atoms with Crippen LogP contribution >= 0.6 is 11.3 Å². The summed E-state index contributed by atoms with van der Waals surface area (Å²) in [5, 5.41) is 0.917. The number of aromatic nitrogens is 1. The summed E-state index contributed by atoms with van der Waals surface area (Å²) in [5.74, 6) is 1.19. The topological polar surface area (TPSA) is 72.0 Å². The van der Waals surface area contributed by atoms with E-state index in [1.54, 1.807) is 11.0 Å². The summed E-state index contributed by atoms with van der Waals surface area (Å²) < 4.78 is 11.5. The van der Waals surface area contributed by atoms with Gasteiger partial charge in [-0.25, -0.2) is 4.98 Å². The van der Waals surface area contributed by atoms with E-state index in [2.05, 4.69) is 11.9 Å². The second-order valence-electron chi connectivity index (χ2n) is 7.24. The van der Waals surface area contributed by atoms with E-state index in [0.717, 1.165) is 28.4 Å². The van der Waals surface area contributed by atoms with Crippen molar-refractivity contribution in [3.05, 3.63) is 39.8 Å². The highest BCUT2D eigenvalue weighted by Crippen LogP contribution is 2.31. The Hall–Kier alpha value is -2.61. The van der Waals surface area contributed by atoms with Crippen LogP contribution in [0, 0.1) is 6.92 Å². The third-order valence-electron chi connectivity index (χ3n) is 5.15. The number of amides is 2. The molecule has 154 valence electrons. The second kappa shape index (κ2) is 8.41. The molecule has 2 amide bonds. The summed E-state index contributed by atoms with van der Waals surface area (Å²) in [6.45, 7) is 6.23. The lowest BCUT2D eigenvalue weighted by Gasteiger charge is -2.37. The van der Waals surface area contributed by atoms with Crippen LogP contribution in [-0.4, -0.2) is 65.5 Å². The van der Waals surface area contributed by atoms with Gasteiger partial charge in [0.2, 0.25) is 6.10 Å². The standard InChI is InChI=1S/C21H25N3O4S/c1-3-6-15-19(29-14(2)22-15)21(26)24-11-9-23(10-12-24)20(25)18-13-27-16-7-4-5-8-17(16)28-18/h4-5,7-8,18H,3,6,9-13H2,1-2H3. The molecule has 0 spiro atoms. The van der Waals surface area contributed by atoms with Gasteiger partial charge in [-0.3, -0.25) is 9.59 Å². The minimum atomic E-state index is -0.646. The van der Waals surface area contributed by atoms with Gasteiger partial charge in [0.25, 0.3) is 11.8 Å². The van der Waals surface area contributed by atoms with Crippen LogP contribution < -0.4 is 9.47 Å². The van der Waals surface area contributed by atoms with E-state index in [1.165, 1.54) is 11.3 Å². The Morgan fingerprint density at radius 1 is 1.14 bits per heavy atom. The highest BCUT2D eigenvalue weighted by molar-refractivity contribution is 7.13. The summed E-state index contributed by atoms with van der Waals surface area (Å²) in [7, 11) is 0. The summed E-state index contributed by atoms with van der Waals surface area (Å²) in [6.07, 6.45) is 1.12. The Bertz CT molecular complexity index is 905. The van der Waals surface area contributed by atoms with Gasteiger partial charge in [0.1, 0.15) is 11.5 Å². The minimum Gasteiger partial charge on any atom is -0.485 e. The molecule has 1 fully saturated rings. The van der Waals surface area contributed by atoms with Crippen molar-refractivity contribution >= 4 is 23.2 Å². The fourth-order valence-corrected chi connectivity index (χ4v) is 4.60. The molecule has 29 heavy (non-hydrogen) atoms. The van der Waals surface area contributed by atoms with Gasteiger partial charge in [0.05, 0.1) is 10.7 Å². The number of thiazole rings is 1. The number of nitrogens with zero attached hydrogens (tertiary/aromatic N) is 3. The van der Waals surface area contributed by atoms with Crippen molar-refractivity contribution in [1.82, 2.24) is 14.8 Å². The van der Waals surface area contributed by atoms with Crippen molar-refractivity contribution in [2.24, 2.45) is 0 Å². The van der Waals surface area contributed by atoms with Crippen LogP contribution in [0.5, 0.6) is 11.5 Å². The number of piperazine rings is 1. The molecule has 0 aliphatic carbocycles. The van der Waals surface area contributed by atoms with Crippen LogP contribution in [0.4, 0.5) is 0 Å². The largest absolute Gasteiger partial charge is 0.485 e. The van der Waals surface area contributed by atoms with Gasteiger partial charge in [-0.15, -0.1) is 11.3 Å². The molecule has 0 radical (unpaired) electrons. The zero-order valence-corrected chi connectivity index (χ0v) is 17.5. The summed E-state index contributed by atoms with van der Waals surface area (Å²) in [4.78, 5) is 34.7. The Morgan fingerprint density at radius 3 is 2.55 bits per heavy atom. The molecular formula is C21H25N3O4S. The predicted octanol–water partition coefficient (Wildman–Crippen LogP) is 2.53. The molecule has 8 heteroatoms. The third-order valence-corrected chi connectivity index (χ3v) is 6.15. The quantitative estimate of drug-likeness (QED) is 0.767. The Labute approximate surface area is 174 Å². The van der Waals surface area contributed by atoms with Crippen LogP contribution in [0.15, 0.2) is 24.3 Å². The molecule has 1 unspecified atom stereocenters. The maximum atomic E-state index is 13.0. The number of para-hydroxylation sites is 2. The van der Waals surface area contributed by atoms with Gasteiger partial charge < -0.3 is 19.3 Å². The first-order valence-corrected chi connectivity index (χ1v) is 10.8. The van der Waals surface area contributed by atoms with E-state index < -0.39 is 6.10 Å². The molecule has 7 nitrogen and oxygen atoms in total. The second-order valence-corrected chi connectivity index (χ2v) is 8.44. The van der Waals surface area contributed by atoms with E-state index >= 15 is 0 Å². The number of fused-ring (bicyclic) bond motifs is 1. The SMILES string of the molecule is CCCc1nc(C)sc1C(=O)N1CCN(C(=O)C2COc3ccccc3O2)CC1. The summed E-state index contributed by atoms with van der Waals surface area (Å²) >= 11 is 1.46. The van der Waals surface area contributed by atoms with Crippen LogP contribution in [-0.2, 0) is 11.2 Å². The smallest absolute Gasteiger partial charge is 0.267 e. The molecule has 4 rings (SSSR count). The Kier molecular flexibility index (Phi) is 5.71. The maximum absolute atomic E-state index is 13.0. The lowest BCUT2D eigenvalue weighted by atomic mass is 10.2. The molecule has 3 heterocycles. The average Bonchev–Trinajstić information content (AvgIpc) is 3.13. The van der Waals surface area contributed by atoms with Crippen LogP contribution in [0.25, 0.3) is 0 Å². The predicted molar refractivity (Wildman–Crippen MR) is 110 cm³/mol. The van der Waals surface area contributed by atoms with E-state index in [1.807, 2.05) is 30.0 Å². The normalized spacial score (nSPS) is 18.6. The molecule has 2 aliphatic heterocycles. The first-order valence-electron chi connectivity index (χ1n) is 9.99. The number of aryl methyl sites for hydroxylation is 2. The van der Waals surface area contributed by atoms with Gasteiger partial charge >= 0.3 is 0 Å². The third kappa shape index (κ3) is 4.07. The Morgan fingerprint density at radius 2 is 1.83 bits per heavy atom. The number of carbonyl (C=O) groups is 2. The molecule has 0 N–H and O–H groups in total. The highest BCUT2D eigenvalue weighted by atomic mass is 32.1.